The average molecular weight is 289 g/mol. The van der Waals surface area contributed by atoms with Gasteiger partial charge in [0.15, 0.2) is 0 Å². The minimum Gasteiger partial charge on any atom is -0.385 e. The molecule has 0 aromatic heterocycles. The largest absolute Gasteiger partial charge is 0.419 e. The lowest BCUT2D eigenvalue weighted by atomic mass is 9.77. The molecule has 2 saturated heterocycles. The molecule has 0 radical (unpaired) electrons. The highest BCUT2D eigenvalue weighted by Crippen LogP contribution is 2.43. The lowest BCUT2D eigenvalue weighted by Gasteiger charge is -2.39. The van der Waals surface area contributed by atoms with Crippen molar-refractivity contribution in [2.24, 2.45) is 5.92 Å². The number of halogens is 4. The summed E-state index contributed by atoms with van der Waals surface area (Å²) < 4.78 is 51.3. The van der Waals surface area contributed by atoms with Crippen LogP contribution in [0.4, 0.5) is 17.6 Å². The van der Waals surface area contributed by atoms with Gasteiger partial charge in [-0.3, -0.25) is 0 Å². The topological polar surface area (TPSA) is 23.5 Å². The van der Waals surface area contributed by atoms with Crippen LogP contribution >= 0.6 is 0 Å². The summed E-state index contributed by atoms with van der Waals surface area (Å²) in [5.74, 6) is -1.35. The summed E-state index contributed by atoms with van der Waals surface area (Å²) in [4.78, 5) is 2.21. The Morgan fingerprint density at radius 1 is 1.25 bits per heavy atom. The molecule has 3 rings (SSSR count). The van der Waals surface area contributed by atoms with Crippen LogP contribution in [0.25, 0.3) is 0 Å². The molecule has 2 bridgehead atoms. The molecule has 6 heteroatoms. The predicted octanol–water partition coefficient (Wildman–Crippen LogP) is 2.76. The van der Waals surface area contributed by atoms with Gasteiger partial charge < -0.3 is 10.0 Å². The lowest BCUT2D eigenvalue weighted by molar-refractivity contribution is -0.140. The van der Waals surface area contributed by atoms with E-state index in [1.165, 1.54) is 6.07 Å². The van der Waals surface area contributed by atoms with E-state index in [0.717, 1.165) is 31.6 Å². The van der Waals surface area contributed by atoms with Gasteiger partial charge in [0.1, 0.15) is 5.82 Å². The second kappa shape index (κ2) is 4.43. The van der Waals surface area contributed by atoms with E-state index in [2.05, 4.69) is 4.90 Å². The molecule has 2 heterocycles. The normalized spacial score (nSPS) is 33.5. The Bertz CT molecular complexity index is 530. The Hall–Kier alpha value is -1.14. The molecule has 2 nitrogen and oxygen atoms in total. The first-order valence-electron chi connectivity index (χ1n) is 6.62. The smallest absolute Gasteiger partial charge is 0.385 e. The SMILES string of the molecule is OC1(c2ccc(C(F)(F)F)c(F)c2)CCN2CCC1C2. The number of fused-ring (bicyclic) bond motifs is 2. The van der Waals surface area contributed by atoms with Crippen LogP contribution in [0.2, 0.25) is 0 Å². The van der Waals surface area contributed by atoms with Gasteiger partial charge in [-0.15, -0.1) is 0 Å². The van der Waals surface area contributed by atoms with Crippen molar-refractivity contribution in [1.29, 1.82) is 0 Å². The van der Waals surface area contributed by atoms with Gasteiger partial charge in [-0.05, 0) is 37.1 Å². The number of rotatable bonds is 1. The van der Waals surface area contributed by atoms with Crippen LogP contribution in [-0.4, -0.2) is 29.6 Å². The number of alkyl halides is 3. The van der Waals surface area contributed by atoms with Crippen molar-refractivity contribution < 1.29 is 22.7 Å². The molecule has 1 aromatic rings. The Kier molecular flexibility index (Phi) is 3.06. The van der Waals surface area contributed by atoms with E-state index < -0.39 is 23.2 Å². The van der Waals surface area contributed by atoms with Gasteiger partial charge in [-0.2, -0.15) is 13.2 Å². The third-order valence-electron chi connectivity index (χ3n) is 4.53. The number of hydrogen-bond donors (Lipinski definition) is 1. The molecule has 3 unspecified atom stereocenters. The van der Waals surface area contributed by atoms with E-state index in [9.17, 15) is 22.7 Å². The van der Waals surface area contributed by atoms with E-state index in [-0.39, 0.29) is 11.5 Å². The van der Waals surface area contributed by atoms with Crippen LogP contribution in [0.5, 0.6) is 0 Å². The quantitative estimate of drug-likeness (QED) is 0.804. The first-order valence-corrected chi connectivity index (χ1v) is 6.62. The average Bonchev–Trinajstić information content (AvgIpc) is 2.78. The summed E-state index contributed by atoms with van der Waals surface area (Å²) in [6.45, 7) is 2.30. The van der Waals surface area contributed by atoms with Crippen molar-refractivity contribution >= 4 is 0 Å². The van der Waals surface area contributed by atoms with Gasteiger partial charge in [0.05, 0.1) is 11.2 Å². The Labute approximate surface area is 114 Å². The van der Waals surface area contributed by atoms with Crippen LogP contribution in [0.15, 0.2) is 18.2 Å². The fourth-order valence-electron chi connectivity index (χ4n) is 3.35. The van der Waals surface area contributed by atoms with E-state index in [1.807, 2.05) is 0 Å². The molecule has 2 aliphatic rings. The highest BCUT2D eigenvalue weighted by atomic mass is 19.4. The van der Waals surface area contributed by atoms with Crippen LogP contribution in [0.1, 0.15) is 24.0 Å². The second-order valence-corrected chi connectivity index (χ2v) is 5.65. The van der Waals surface area contributed by atoms with E-state index in [0.29, 0.717) is 13.0 Å². The summed E-state index contributed by atoms with van der Waals surface area (Å²) in [6, 6.07) is 2.78. The molecular weight excluding hydrogens is 274 g/mol. The zero-order valence-electron chi connectivity index (χ0n) is 10.8. The minimum absolute atomic E-state index is 0.0348. The van der Waals surface area contributed by atoms with Gasteiger partial charge in [0.25, 0.3) is 0 Å². The molecule has 2 aliphatic heterocycles. The molecule has 0 aliphatic carbocycles. The summed E-state index contributed by atoms with van der Waals surface area (Å²) in [6.07, 6.45) is -3.48. The summed E-state index contributed by atoms with van der Waals surface area (Å²) in [5, 5.41) is 10.8. The molecule has 0 saturated carbocycles. The zero-order valence-corrected chi connectivity index (χ0v) is 10.8. The van der Waals surface area contributed by atoms with E-state index in [1.54, 1.807) is 0 Å². The van der Waals surface area contributed by atoms with Crippen LogP contribution in [0.3, 0.4) is 0 Å². The molecule has 0 amide bonds. The second-order valence-electron chi connectivity index (χ2n) is 5.65. The number of benzene rings is 1. The van der Waals surface area contributed by atoms with Gasteiger partial charge in [0.2, 0.25) is 0 Å². The lowest BCUT2D eigenvalue weighted by Crippen LogP contribution is -2.44. The third kappa shape index (κ3) is 2.11. The molecule has 1 N–H and O–H groups in total. The van der Waals surface area contributed by atoms with E-state index in [4.69, 9.17) is 0 Å². The van der Waals surface area contributed by atoms with Crippen LogP contribution in [0, 0.1) is 11.7 Å². The summed E-state index contributed by atoms with van der Waals surface area (Å²) >= 11 is 0. The maximum atomic E-state index is 13.7. The number of hydrogen-bond acceptors (Lipinski definition) is 2. The van der Waals surface area contributed by atoms with Crippen LogP contribution < -0.4 is 0 Å². The fourth-order valence-corrected chi connectivity index (χ4v) is 3.35. The molecular formula is C14H15F4NO. The van der Waals surface area contributed by atoms with Crippen molar-refractivity contribution in [3.05, 3.63) is 35.1 Å². The van der Waals surface area contributed by atoms with E-state index >= 15 is 0 Å². The van der Waals surface area contributed by atoms with Crippen LogP contribution in [-0.2, 0) is 11.8 Å². The predicted molar refractivity (Wildman–Crippen MR) is 64.5 cm³/mol. The Balaban J connectivity index is 1.96. The molecule has 0 spiro atoms. The summed E-state index contributed by atoms with van der Waals surface area (Å²) in [5.41, 5.74) is -2.24. The van der Waals surface area contributed by atoms with Gasteiger partial charge in [0, 0.05) is 19.0 Å². The summed E-state index contributed by atoms with van der Waals surface area (Å²) in [7, 11) is 0. The highest BCUT2D eigenvalue weighted by molar-refractivity contribution is 5.31. The number of nitrogens with zero attached hydrogens (tertiary/aromatic N) is 1. The maximum absolute atomic E-state index is 13.7. The third-order valence-corrected chi connectivity index (χ3v) is 4.53. The van der Waals surface area contributed by atoms with Gasteiger partial charge in [-0.1, -0.05) is 6.07 Å². The molecule has 1 aromatic carbocycles. The van der Waals surface area contributed by atoms with Gasteiger partial charge >= 0.3 is 6.18 Å². The van der Waals surface area contributed by atoms with Crippen molar-refractivity contribution in [3.63, 3.8) is 0 Å². The molecule has 3 atom stereocenters. The van der Waals surface area contributed by atoms with Gasteiger partial charge in [-0.25, -0.2) is 4.39 Å². The van der Waals surface area contributed by atoms with Crippen molar-refractivity contribution in [2.75, 3.05) is 19.6 Å². The first-order chi connectivity index (χ1) is 9.30. The Morgan fingerprint density at radius 3 is 2.65 bits per heavy atom. The van der Waals surface area contributed by atoms with Crippen molar-refractivity contribution in [2.45, 2.75) is 24.6 Å². The van der Waals surface area contributed by atoms with Crippen molar-refractivity contribution in [3.8, 4) is 0 Å². The monoisotopic (exact) mass is 289 g/mol. The number of aliphatic hydroxyl groups is 1. The molecule has 110 valence electrons. The zero-order chi connectivity index (χ0) is 14.5. The van der Waals surface area contributed by atoms with Crippen molar-refractivity contribution in [1.82, 2.24) is 4.90 Å². The number of piperidine rings is 1. The standard InChI is InChI=1S/C14H15F4NO/c15-12-7-9(1-2-11(12)14(16,17)18)13(20)4-6-19-5-3-10(13)8-19/h1-2,7,10,20H,3-6,8H2. The fraction of sp³-hybridized carbons (Fsp3) is 0.571. The minimum atomic E-state index is -4.71. The maximum Gasteiger partial charge on any atom is 0.419 e. The highest BCUT2D eigenvalue weighted by Gasteiger charge is 2.46. The molecule has 20 heavy (non-hydrogen) atoms. The first kappa shape index (κ1) is 13.8. The molecule has 2 fully saturated rings. The Morgan fingerprint density at radius 2 is 2.00 bits per heavy atom.